The molecule has 0 saturated carbocycles. The highest BCUT2D eigenvalue weighted by Crippen LogP contribution is 2.33. The number of hydrogen-bond donors (Lipinski definition) is 2. The number of nitrogens with one attached hydrogen (secondary N) is 2. The highest BCUT2D eigenvalue weighted by Gasteiger charge is 2.43. The number of hydrogen-bond acceptors (Lipinski definition) is 2. The Hall–Kier alpha value is -0.290. The van der Waals surface area contributed by atoms with Crippen molar-refractivity contribution in [1.82, 2.24) is 10.6 Å². The van der Waals surface area contributed by atoms with E-state index in [4.69, 9.17) is 0 Å². The van der Waals surface area contributed by atoms with Crippen LogP contribution in [-0.2, 0) is 0 Å². The van der Waals surface area contributed by atoms with Gasteiger partial charge in [0.15, 0.2) is 0 Å². The summed E-state index contributed by atoms with van der Waals surface area (Å²) in [6.07, 6.45) is -1.69. The first-order chi connectivity index (χ1) is 8.24. The van der Waals surface area contributed by atoms with Gasteiger partial charge in [0.05, 0.1) is 0 Å². The summed E-state index contributed by atoms with van der Waals surface area (Å²) < 4.78 is 39.2. The van der Waals surface area contributed by atoms with Crippen LogP contribution in [0.4, 0.5) is 13.2 Å². The van der Waals surface area contributed by atoms with Gasteiger partial charge in [-0.2, -0.15) is 13.2 Å². The average molecular weight is 266 g/mol. The second kappa shape index (κ2) is 6.24. The lowest BCUT2D eigenvalue weighted by molar-refractivity contribution is -0.165. The number of piperidine rings is 1. The molecule has 0 bridgehead atoms. The summed E-state index contributed by atoms with van der Waals surface area (Å²) >= 11 is 0. The maximum atomic E-state index is 13.1. The average Bonchev–Trinajstić information content (AvgIpc) is 2.28. The van der Waals surface area contributed by atoms with Gasteiger partial charge < -0.3 is 10.6 Å². The Morgan fingerprint density at radius 1 is 1.22 bits per heavy atom. The van der Waals surface area contributed by atoms with Gasteiger partial charge in [-0.25, -0.2) is 0 Å². The van der Waals surface area contributed by atoms with Gasteiger partial charge in [-0.1, -0.05) is 27.2 Å². The third-order valence-electron chi connectivity index (χ3n) is 3.88. The molecule has 1 fully saturated rings. The predicted molar refractivity (Wildman–Crippen MR) is 67.6 cm³/mol. The molecule has 1 heterocycles. The van der Waals surface area contributed by atoms with E-state index in [0.717, 1.165) is 32.4 Å². The molecule has 0 aromatic heterocycles. The third kappa shape index (κ3) is 5.14. The van der Waals surface area contributed by atoms with Crippen LogP contribution in [0.3, 0.4) is 0 Å². The van der Waals surface area contributed by atoms with E-state index < -0.39 is 12.2 Å². The van der Waals surface area contributed by atoms with E-state index in [9.17, 15) is 13.2 Å². The van der Waals surface area contributed by atoms with E-state index in [1.54, 1.807) is 0 Å². The zero-order chi connectivity index (χ0) is 13.8. The smallest absolute Gasteiger partial charge is 0.317 e. The lowest BCUT2D eigenvalue weighted by atomic mass is 9.82. The molecule has 2 nitrogen and oxygen atoms in total. The SMILES string of the molecule is CCC(C)(C)CC(NC1CCNCC1)C(F)(F)F. The van der Waals surface area contributed by atoms with Gasteiger partial charge in [-0.15, -0.1) is 0 Å². The molecule has 108 valence electrons. The Morgan fingerprint density at radius 3 is 2.22 bits per heavy atom. The highest BCUT2D eigenvalue weighted by molar-refractivity contribution is 4.86. The van der Waals surface area contributed by atoms with E-state index in [1.807, 2.05) is 20.8 Å². The molecule has 1 unspecified atom stereocenters. The molecular weight excluding hydrogens is 241 g/mol. The Kier molecular flexibility index (Phi) is 5.46. The topological polar surface area (TPSA) is 24.1 Å². The van der Waals surface area contributed by atoms with Gasteiger partial charge in [0.1, 0.15) is 6.04 Å². The summed E-state index contributed by atoms with van der Waals surface area (Å²) in [7, 11) is 0. The molecule has 1 saturated heterocycles. The summed E-state index contributed by atoms with van der Waals surface area (Å²) in [5, 5.41) is 5.99. The first-order valence-electron chi connectivity index (χ1n) is 6.78. The fraction of sp³-hybridized carbons (Fsp3) is 1.00. The van der Waals surface area contributed by atoms with Crippen molar-refractivity contribution in [3.05, 3.63) is 0 Å². The van der Waals surface area contributed by atoms with Crippen LogP contribution in [0.25, 0.3) is 0 Å². The number of halogens is 3. The first-order valence-corrected chi connectivity index (χ1v) is 6.78. The highest BCUT2D eigenvalue weighted by atomic mass is 19.4. The standard InChI is InChI=1S/C13H25F3N2/c1-4-12(2,3)9-11(13(14,15)16)18-10-5-7-17-8-6-10/h10-11,17-18H,4-9H2,1-3H3. The number of rotatable bonds is 5. The molecule has 18 heavy (non-hydrogen) atoms. The quantitative estimate of drug-likeness (QED) is 0.799. The van der Waals surface area contributed by atoms with Crippen LogP contribution in [0, 0.1) is 5.41 Å². The molecular formula is C13H25F3N2. The number of alkyl halides is 3. The van der Waals surface area contributed by atoms with Crippen molar-refractivity contribution in [1.29, 1.82) is 0 Å². The molecule has 5 heteroatoms. The predicted octanol–water partition coefficient (Wildman–Crippen LogP) is 3.09. The summed E-state index contributed by atoms with van der Waals surface area (Å²) in [5.74, 6) is 0. The summed E-state index contributed by atoms with van der Waals surface area (Å²) in [6.45, 7) is 7.35. The minimum Gasteiger partial charge on any atom is -0.317 e. The Bertz CT molecular complexity index is 245. The summed E-state index contributed by atoms with van der Waals surface area (Å²) in [6, 6.07) is -1.39. The molecule has 0 aromatic rings. The zero-order valence-electron chi connectivity index (χ0n) is 11.5. The molecule has 0 aliphatic carbocycles. The van der Waals surface area contributed by atoms with Crippen LogP contribution >= 0.6 is 0 Å². The van der Waals surface area contributed by atoms with E-state index in [0.29, 0.717) is 0 Å². The largest absolute Gasteiger partial charge is 0.403 e. The molecule has 1 atom stereocenters. The van der Waals surface area contributed by atoms with Crippen molar-refractivity contribution in [3.8, 4) is 0 Å². The van der Waals surface area contributed by atoms with Crippen molar-refractivity contribution in [3.63, 3.8) is 0 Å². The lowest BCUT2D eigenvalue weighted by Gasteiger charge is -2.34. The van der Waals surface area contributed by atoms with Gasteiger partial charge in [0.2, 0.25) is 0 Å². The molecule has 0 amide bonds. The third-order valence-corrected chi connectivity index (χ3v) is 3.88. The van der Waals surface area contributed by atoms with Crippen LogP contribution in [0.15, 0.2) is 0 Å². The maximum absolute atomic E-state index is 13.1. The Balaban J connectivity index is 2.61. The summed E-state index contributed by atoms with van der Waals surface area (Å²) in [4.78, 5) is 0. The first kappa shape index (κ1) is 15.8. The van der Waals surface area contributed by atoms with Crippen LogP contribution in [-0.4, -0.2) is 31.3 Å². The molecule has 0 aromatic carbocycles. The minimum absolute atomic E-state index is 0.00877. The zero-order valence-corrected chi connectivity index (χ0v) is 11.5. The van der Waals surface area contributed by atoms with Gasteiger partial charge in [0, 0.05) is 6.04 Å². The van der Waals surface area contributed by atoms with Gasteiger partial charge >= 0.3 is 6.18 Å². The van der Waals surface area contributed by atoms with Crippen molar-refractivity contribution < 1.29 is 13.2 Å². The van der Waals surface area contributed by atoms with Crippen LogP contribution in [0.2, 0.25) is 0 Å². The Labute approximate surface area is 108 Å². The molecule has 0 radical (unpaired) electrons. The van der Waals surface area contributed by atoms with Crippen molar-refractivity contribution in [2.45, 2.75) is 64.7 Å². The van der Waals surface area contributed by atoms with Crippen molar-refractivity contribution >= 4 is 0 Å². The van der Waals surface area contributed by atoms with E-state index in [1.165, 1.54) is 0 Å². The maximum Gasteiger partial charge on any atom is 0.403 e. The monoisotopic (exact) mass is 266 g/mol. The fourth-order valence-corrected chi connectivity index (χ4v) is 2.24. The minimum atomic E-state index is -4.16. The molecule has 1 rings (SSSR count). The molecule has 0 spiro atoms. The van der Waals surface area contributed by atoms with Gasteiger partial charge in [-0.05, 0) is 37.8 Å². The van der Waals surface area contributed by atoms with Crippen LogP contribution in [0.5, 0.6) is 0 Å². The van der Waals surface area contributed by atoms with E-state index in [2.05, 4.69) is 10.6 Å². The lowest BCUT2D eigenvalue weighted by Crippen LogP contribution is -2.52. The summed E-state index contributed by atoms with van der Waals surface area (Å²) in [5.41, 5.74) is -0.278. The van der Waals surface area contributed by atoms with Gasteiger partial charge in [-0.3, -0.25) is 0 Å². The second-order valence-corrected chi connectivity index (χ2v) is 6.01. The Morgan fingerprint density at radius 2 is 1.78 bits per heavy atom. The van der Waals surface area contributed by atoms with Crippen molar-refractivity contribution in [2.75, 3.05) is 13.1 Å². The van der Waals surface area contributed by atoms with Gasteiger partial charge in [0.25, 0.3) is 0 Å². The normalized spacial score (nSPS) is 21.0. The van der Waals surface area contributed by atoms with Crippen LogP contribution < -0.4 is 10.6 Å². The molecule has 1 aliphatic rings. The van der Waals surface area contributed by atoms with E-state index in [-0.39, 0.29) is 17.9 Å². The molecule has 2 N–H and O–H groups in total. The van der Waals surface area contributed by atoms with Crippen molar-refractivity contribution in [2.24, 2.45) is 5.41 Å². The molecule has 1 aliphatic heterocycles. The van der Waals surface area contributed by atoms with Crippen LogP contribution in [0.1, 0.15) is 46.5 Å². The fourth-order valence-electron chi connectivity index (χ4n) is 2.24. The van der Waals surface area contributed by atoms with E-state index >= 15 is 0 Å². The second-order valence-electron chi connectivity index (χ2n) is 6.01.